The summed E-state index contributed by atoms with van der Waals surface area (Å²) in [4.78, 5) is 14.0. The van der Waals surface area contributed by atoms with Gasteiger partial charge in [0.05, 0.1) is 11.6 Å². The fraction of sp³-hybridized carbons (Fsp3) is 0.688. The highest BCUT2D eigenvalue weighted by Crippen LogP contribution is 2.28. The van der Waals surface area contributed by atoms with Gasteiger partial charge in [0.15, 0.2) is 0 Å². The van der Waals surface area contributed by atoms with Crippen LogP contribution in [0.15, 0.2) is 17.5 Å². The van der Waals surface area contributed by atoms with Crippen LogP contribution in [0.2, 0.25) is 0 Å². The van der Waals surface area contributed by atoms with E-state index < -0.39 is 0 Å². The molecule has 0 aliphatic carbocycles. The zero-order valence-corrected chi connectivity index (χ0v) is 13.4. The van der Waals surface area contributed by atoms with E-state index in [1.165, 1.54) is 4.88 Å². The van der Waals surface area contributed by atoms with Crippen LogP contribution in [0.4, 0.5) is 0 Å². The summed E-state index contributed by atoms with van der Waals surface area (Å²) < 4.78 is 0. The van der Waals surface area contributed by atoms with E-state index in [0.717, 1.165) is 45.1 Å². The van der Waals surface area contributed by atoms with Crippen molar-refractivity contribution in [2.45, 2.75) is 64.0 Å². The van der Waals surface area contributed by atoms with Gasteiger partial charge in [-0.2, -0.15) is 0 Å². The van der Waals surface area contributed by atoms with Crippen molar-refractivity contribution in [1.82, 2.24) is 10.6 Å². The van der Waals surface area contributed by atoms with E-state index in [0.29, 0.717) is 0 Å². The lowest BCUT2D eigenvalue weighted by atomic mass is 9.90. The maximum Gasteiger partial charge on any atom is 0.240 e. The second-order valence-electron chi connectivity index (χ2n) is 5.69. The van der Waals surface area contributed by atoms with Gasteiger partial charge in [-0.25, -0.2) is 0 Å². The largest absolute Gasteiger partial charge is 0.347 e. The fourth-order valence-corrected chi connectivity index (χ4v) is 3.93. The van der Waals surface area contributed by atoms with E-state index in [2.05, 4.69) is 42.0 Å². The normalized spacial score (nSPS) is 23.7. The van der Waals surface area contributed by atoms with Crippen LogP contribution in [0, 0.1) is 0 Å². The van der Waals surface area contributed by atoms with Gasteiger partial charge in [-0.1, -0.05) is 32.8 Å². The van der Waals surface area contributed by atoms with E-state index >= 15 is 0 Å². The third-order valence-corrected chi connectivity index (χ3v) is 5.11. The maximum absolute atomic E-state index is 12.8. The molecular formula is C16H26N2OS. The van der Waals surface area contributed by atoms with Crippen LogP contribution in [-0.4, -0.2) is 18.0 Å². The summed E-state index contributed by atoms with van der Waals surface area (Å²) in [7, 11) is 0. The number of thiophene rings is 1. The van der Waals surface area contributed by atoms with Gasteiger partial charge in [0.25, 0.3) is 0 Å². The molecule has 2 N–H and O–H groups in total. The molecule has 2 unspecified atom stereocenters. The average molecular weight is 294 g/mol. The van der Waals surface area contributed by atoms with E-state index in [-0.39, 0.29) is 17.5 Å². The fourth-order valence-electron chi connectivity index (χ4n) is 3.11. The van der Waals surface area contributed by atoms with Crippen molar-refractivity contribution in [2.24, 2.45) is 0 Å². The second kappa shape index (κ2) is 7.23. The lowest BCUT2D eigenvalue weighted by Gasteiger charge is -2.30. The first kappa shape index (κ1) is 15.5. The van der Waals surface area contributed by atoms with E-state index in [4.69, 9.17) is 0 Å². The molecule has 4 heteroatoms. The molecule has 0 aromatic carbocycles. The Balaban J connectivity index is 2.07. The first-order valence-corrected chi connectivity index (χ1v) is 8.69. The smallest absolute Gasteiger partial charge is 0.240 e. The highest BCUT2D eigenvalue weighted by molar-refractivity contribution is 7.10. The van der Waals surface area contributed by atoms with Gasteiger partial charge in [0.1, 0.15) is 0 Å². The molecule has 3 nitrogen and oxygen atoms in total. The molecule has 0 spiro atoms. The Labute approximate surface area is 126 Å². The van der Waals surface area contributed by atoms with Gasteiger partial charge in [0, 0.05) is 4.88 Å². The number of rotatable bonds is 7. The Morgan fingerprint density at radius 3 is 2.90 bits per heavy atom. The first-order valence-electron chi connectivity index (χ1n) is 7.81. The van der Waals surface area contributed by atoms with Crippen LogP contribution in [0.5, 0.6) is 0 Å². The lowest BCUT2D eigenvalue weighted by Crippen LogP contribution is -2.54. The van der Waals surface area contributed by atoms with Crippen LogP contribution in [0.25, 0.3) is 0 Å². The van der Waals surface area contributed by atoms with Crippen molar-refractivity contribution in [1.29, 1.82) is 0 Å². The molecule has 1 fully saturated rings. The molecule has 2 rings (SSSR count). The molecule has 1 amide bonds. The van der Waals surface area contributed by atoms with Gasteiger partial charge < -0.3 is 10.6 Å². The third kappa shape index (κ3) is 3.41. The highest BCUT2D eigenvalue weighted by Gasteiger charge is 2.40. The number of hydrogen-bond donors (Lipinski definition) is 2. The van der Waals surface area contributed by atoms with Gasteiger partial charge in [-0.15, -0.1) is 11.3 Å². The van der Waals surface area contributed by atoms with Crippen molar-refractivity contribution >= 4 is 17.2 Å². The summed E-state index contributed by atoms with van der Waals surface area (Å²) in [5, 5.41) is 8.83. The van der Waals surface area contributed by atoms with Gasteiger partial charge in [0.2, 0.25) is 5.91 Å². The summed E-state index contributed by atoms with van der Waals surface area (Å²) in [6.07, 6.45) is 6.13. The molecule has 20 heavy (non-hydrogen) atoms. The molecule has 0 bridgehead atoms. The predicted octanol–water partition coefficient (Wildman–Crippen LogP) is 3.63. The van der Waals surface area contributed by atoms with E-state index in [1.807, 2.05) is 0 Å². The minimum atomic E-state index is -0.321. The first-order chi connectivity index (χ1) is 9.72. The zero-order valence-electron chi connectivity index (χ0n) is 12.6. The number of carbonyl (C=O) groups excluding carboxylic acids is 1. The molecule has 1 saturated heterocycles. The molecule has 1 aliphatic heterocycles. The van der Waals surface area contributed by atoms with Crippen molar-refractivity contribution in [2.75, 3.05) is 6.54 Å². The summed E-state index contributed by atoms with van der Waals surface area (Å²) in [5.74, 6) is 0.198. The quantitative estimate of drug-likeness (QED) is 0.806. The number of amides is 1. The molecule has 0 radical (unpaired) electrons. The molecule has 1 aromatic rings. The van der Waals surface area contributed by atoms with Gasteiger partial charge in [-0.3, -0.25) is 4.79 Å². The second-order valence-corrected chi connectivity index (χ2v) is 6.67. The SMILES string of the molecule is CCCC(NC(=O)C1(CCC)CCCN1)c1cccs1. The van der Waals surface area contributed by atoms with Crippen LogP contribution in [-0.2, 0) is 4.79 Å². The van der Waals surface area contributed by atoms with Crippen molar-refractivity contribution in [3.8, 4) is 0 Å². The average Bonchev–Trinajstić information content (AvgIpc) is 3.10. The Hall–Kier alpha value is -0.870. The zero-order chi connectivity index (χ0) is 14.4. The van der Waals surface area contributed by atoms with Gasteiger partial charge in [-0.05, 0) is 43.7 Å². The summed E-state index contributed by atoms with van der Waals surface area (Å²) in [5.41, 5.74) is -0.321. The van der Waals surface area contributed by atoms with Crippen LogP contribution < -0.4 is 10.6 Å². The molecular weight excluding hydrogens is 268 g/mol. The Morgan fingerprint density at radius 1 is 1.50 bits per heavy atom. The number of nitrogens with one attached hydrogen (secondary N) is 2. The van der Waals surface area contributed by atoms with Crippen molar-refractivity contribution < 1.29 is 4.79 Å². The molecule has 0 saturated carbocycles. The number of carbonyl (C=O) groups is 1. The van der Waals surface area contributed by atoms with Crippen molar-refractivity contribution in [3.05, 3.63) is 22.4 Å². The maximum atomic E-state index is 12.8. The highest BCUT2D eigenvalue weighted by atomic mass is 32.1. The number of hydrogen-bond acceptors (Lipinski definition) is 3. The predicted molar refractivity (Wildman–Crippen MR) is 85.0 cm³/mol. The van der Waals surface area contributed by atoms with Crippen LogP contribution in [0.3, 0.4) is 0 Å². The summed E-state index contributed by atoms with van der Waals surface area (Å²) >= 11 is 1.73. The summed E-state index contributed by atoms with van der Waals surface area (Å²) in [6.45, 7) is 5.28. The minimum Gasteiger partial charge on any atom is -0.347 e. The molecule has 1 aromatic heterocycles. The molecule has 112 valence electrons. The van der Waals surface area contributed by atoms with Crippen LogP contribution >= 0.6 is 11.3 Å². The molecule has 2 atom stereocenters. The molecule has 1 aliphatic rings. The Morgan fingerprint density at radius 2 is 2.35 bits per heavy atom. The Kier molecular flexibility index (Phi) is 5.61. The Bertz CT molecular complexity index is 410. The minimum absolute atomic E-state index is 0.170. The standard InChI is InChI=1S/C16H26N2OS/c1-3-7-13(14-8-5-12-20-14)18-15(19)16(9-4-2)10-6-11-17-16/h5,8,12-13,17H,3-4,6-7,9-11H2,1-2H3,(H,18,19). The lowest BCUT2D eigenvalue weighted by molar-refractivity contribution is -0.128. The van der Waals surface area contributed by atoms with E-state index in [1.54, 1.807) is 11.3 Å². The van der Waals surface area contributed by atoms with Crippen molar-refractivity contribution in [3.63, 3.8) is 0 Å². The third-order valence-electron chi connectivity index (χ3n) is 4.12. The van der Waals surface area contributed by atoms with Crippen LogP contribution in [0.1, 0.15) is 63.3 Å². The molecule has 2 heterocycles. The van der Waals surface area contributed by atoms with Gasteiger partial charge >= 0.3 is 0 Å². The van der Waals surface area contributed by atoms with E-state index in [9.17, 15) is 4.79 Å². The summed E-state index contributed by atoms with van der Waals surface area (Å²) in [6, 6.07) is 4.35. The monoisotopic (exact) mass is 294 g/mol. The topological polar surface area (TPSA) is 41.1 Å².